The number of H-pyrrole nitrogens is 1. The monoisotopic (exact) mass is 659 g/mol. The Balaban J connectivity index is 1.25. The number of nitrogens with zero attached hydrogens (tertiary/aromatic N) is 2. The zero-order valence-electron chi connectivity index (χ0n) is 27.3. The van der Waals surface area contributed by atoms with Crippen molar-refractivity contribution in [1.82, 2.24) is 4.98 Å². The maximum Gasteiger partial charge on any atom is 0.0552 e. The van der Waals surface area contributed by atoms with E-state index in [2.05, 4.69) is 209 Å². The molecule has 3 nitrogen and oxygen atoms in total. The van der Waals surface area contributed by atoms with Crippen molar-refractivity contribution < 1.29 is 0 Å². The highest BCUT2D eigenvalue weighted by atomic mass is 32.1. The van der Waals surface area contributed by atoms with Gasteiger partial charge in [-0.25, -0.2) is 0 Å². The van der Waals surface area contributed by atoms with E-state index in [1.54, 1.807) is 0 Å². The molecule has 2 aromatic heterocycles. The molecule has 0 atom stereocenters. The Morgan fingerprint density at radius 3 is 1.36 bits per heavy atom. The summed E-state index contributed by atoms with van der Waals surface area (Å²) in [6.45, 7) is 0. The van der Waals surface area contributed by atoms with E-state index in [1.807, 2.05) is 11.3 Å². The fraction of sp³-hybridized carbons (Fsp3) is 0. The molecule has 9 aromatic rings. The van der Waals surface area contributed by atoms with Crippen LogP contribution in [0.25, 0.3) is 42.7 Å². The lowest BCUT2D eigenvalue weighted by Crippen LogP contribution is -2.13. The second kappa shape index (κ2) is 12.9. The first kappa shape index (κ1) is 29.8. The van der Waals surface area contributed by atoms with Gasteiger partial charge in [0.05, 0.1) is 5.52 Å². The van der Waals surface area contributed by atoms with Gasteiger partial charge in [0.25, 0.3) is 0 Å². The summed E-state index contributed by atoms with van der Waals surface area (Å²) in [6, 6.07) is 69.2. The Hall–Kier alpha value is -6.36. The Morgan fingerprint density at radius 2 is 0.820 bits per heavy atom. The lowest BCUT2D eigenvalue weighted by Gasteiger charge is -2.30. The van der Waals surface area contributed by atoms with E-state index in [0.29, 0.717) is 0 Å². The molecule has 2 heterocycles. The summed E-state index contributed by atoms with van der Waals surface area (Å²) >= 11 is 1.83. The molecule has 4 heteroatoms. The number of thiophene rings is 1. The predicted molar refractivity (Wildman–Crippen MR) is 214 cm³/mol. The third-order valence-corrected chi connectivity index (χ3v) is 10.3. The third kappa shape index (κ3) is 5.52. The highest BCUT2D eigenvalue weighted by Gasteiger charge is 2.20. The van der Waals surface area contributed by atoms with Crippen molar-refractivity contribution in [1.29, 1.82) is 0 Å². The molecule has 0 aliphatic carbocycles. The lowest BCUT2D eigenvalue weighted by molar-refractivity contribution is 1.25. The van der Waals surface area contributed by atoms with Crippen LogP contribution in [0.4, 0.5) is 34.1 Å². The molecule has 0 spiro atoms. The molecule has 0 saturated carbocycles. The molecule has 0 aliphatic heterocycles. The summed E-state index contributed by atoms with van der Waals surface area (Å²) < 4.78 is 0. The lowest BCUT2D eigenvalue weighted by atomic mass is 10.1. The molecule has 7 aromatic carbocycles. The number of hydrogen-bond acceptors (Lipinski definition) is 3. The first-order valence-electron chi connectivity index (χ1n) is 16.9. The molecule has 0 amide bonds. The van der Waals surface area contributed by atoms with E-state index in [1.165, 1.54) is 31.6 Å². The molecule has 1 N–H and O–H groups in total. The zero-order valence-corrected chi connectivity index (χ0v) is 28.1. The quantitative estimate of drug-likeness (QED) is 0.175. The number of benzene rings is 7. The summed E-state index contributed by atoms with van der Waals surface area (Å²) in [4.78, 5) is 10.8. The number of fused-ring (bicyclic) bond motifs is 3. The molecular formula is C46H33N3S. The van der Waals surface area contributed by atoms with E-state index in [9.17, 15) is 0 Å². The molecule has 0 saturated heterocycles. The van der Waals surface area contributed by atoms with Crippen LogP contribution in [0.1, 0.15) is 0 Å². The van der Waals surface area contributed by atoms with Gasteiger partial charge in [-0.2, -0.15) is 0 Å². The Morgan fingerprint density at radius 1 is 0.360 bits per heavy atom. The number of rotatable bonds is 8. The van der Waals surface area contributed by atoms with E-state index in [0.717, 1.165) is 45.2 Å². The number of anilines is 6. The summed E-state index contributed by atoms with van der Waals surface area (Å²) in [7, 11) is 0. The van der Waals surface area contributed by atoms with Gasteiger partial charge in [-0.3, -0.25) is 0 Å². The summed E-state index contributed by atoms with van der Waals surface area (Å²) in [5.74, 6) is 0. The fourth-order valence-electron chi connectivity index (χ4n) is 6.91. The van der Waals surface area contributed by atoms with Crippen molar-refractivity contribution in [2.24, 2.45) is 0 Å². The minimum absolute atomic E-state index is 1.08. The van der Waals surface area contributed by atoms with Crippen LogP contribution in [0.2, 0.25) is 0 Å². The topological polar surface area (TPSA) is 22.3 Å². The van der Waals surface area contributed by atoms with Crippen LogP contribution in [0, 0.1) is 0 Å². The van der Waals surface area contributed by atoms with Gasteiger partial charge in [0.2, 0.25) is 0 Å². The average molecular weight is 660 g/mol. The molecular weight excluding hydrogens is 627 g/mol. The van der Waals surface area contributed by atoms with Crippen LogP contribution in [0.3, 0.4) is 0 Å². The third-order valence-electron chi connectivity index (χ3n) is 9.17. The van der Waals surface area contributed by atoms with E-state index >= 15 is 0 Å². The molecule has 9 rings (SSSR count). The Kier molecular flexibility index (Phi) is 7.69. The van der Waals surface area contributed by atoms with Crippen molar-refractivity contribution in [3.8, 4) is 20.9 Å². The van der Waals surface area contributed by atoms with Crippen molar-refractivity contribution in [3.05, 3.63) is 194 Å². The van der Waals surface area contributed by atoms with Gasteiger partial charge in [0.15, 0.2) is 0 Å². The first-order valence-corrected chi connectivity index (χ1v) is 17.7. The van der Waals surface area contributed by atoms with Crippen molar-refractivity contribution in [3.63, 3.8) is 0 Å². The minimum Gasteiger partial charge on any atom is -0.354 e. The number of aromatic amines is 1. The number of para-hydroxylation sites is 6. The largest absolute Gasteiger partial charge is 0.354 e. The van der Waals surface area contributed by atoms with Crippen molar-refractivity contribution in [2.45, 2.75) is 0 Å². The molecule has 50 heavy (non-hydrogen) atoms. The van der Waals surface area contributed by atoms with Crippen LogP contribution >= 0.6 is 11.3 Å². The fourth-order valence-corrected chi connectivity index (χ4v) is 7.94. The van der Waals surface area contributed by atoms with Crippen molar-refractivity contribution in [2.75, 3.05) is 9.80 Å². The second-order valence-electron chi connectivity index (χ2n) is 12.3. The van der Waals surface area contributed by atoms with Crippen LogP contribution in [0.5, 0.6) is 0 Å². The smallest absolute Gasteiger partial charge is 0.0552 e. The van der Waals surface area contributed by atoms with E-state index in [-0.39, 0.29) is 0 Å². The van der Waals surface area contributed by atoms with Crippen LogP contribution in [0.15, 0.2) is 194 Å². The maximum absolute atomic E-state index is 3.71. The summed E-state index contributed by atoms with van der Waals surface area (Å²) in [6.07, 6.45) is 0. The van der Waals surface area contributed by atoms with Gasteiger partial charge in [-0.15, -0.1) is 11.3 Å². The molecule has 0 fully saturated rings. The van der Waals surface area contributed by atoms with Gasteiger partial charge in [-0.05, 0) is 90.5 Å². The minimum atomic E-state index is 1.08. The molecule has 0 bridgehead atoms. The molecule has 0 radical (unpaired) electrons. The SMILES string of the molecule is c1ccc(N(c2ccccc2)c2cc(-c3ccc(-c4cccc5c4[nH]c4ccccc45)s3)cc(N(c3ccccc3)c3ccccc3)c2)cc1. The van der Waals surface area contributed by atoms with Crippen LogP contribution in [-0.4, -0.2) is 4.98 Å². The van der Waals surface area contributed by atoms with Gasteiger partial charge in [-0.1, -0.05) is 109 Å². The van der Waals surface area contributed by atoms with Gasteiger partial charge < -0.3 is 14.8 Å². The second-order valence-corrected chi connectivity index (χ2v) is 13.4. The van der Waals surface area contributed by atoms with E-state index in [4.69, 9.17) is 0 Å². The number of aromatic nitrogens is 1. The zero-order chi connectivity index (χ0) is 33.3. The summed E-state index contributed by atoms with van der Waals surface area (Å²) in [5, 5.41) is 2.50. The van der Waals surface area contributed by atoms with Crippen molar-refractivity contribution >= 4 is 67.3 Å². The normalized spacial score (nSPS) is 11.2. The molecule has 0 unspecified atom stereocenters. The van der Waals surface area contributed by atoms with Crippen LogP contribution in [-0.2, 0) is 0 Å². The number of nitrogens with one attached hydrogen (secondary N) is 1. The molecule has 0 aliphatic rings. The standard InChI is InChI=1S/C46H33N3S/c1-5-16-34(17-6-1)48(35-18-7-2-8-19-35)38-30-33(31-39(32-38)49(36-20-9-3-10-21-36)37-22-11-4-12-23-37)44-28-29-45(50-44)42-26-15-25-41-40-24-13-14-27-43(40)47-46(41)42/h1-32,47H. The Bertz CT molecular complexity index is 2360. The van der Waals surface area contributed by atoms with Crippen LogP contribution < -0.4 is 9.80 Å². The molecule has 238 valence electrons. The first-order chi connectivity index (χ1) is 24.8. The Labute approximate surface area is 296 Å². The highest BCUT2D eigenvalue weighted by Crippen LogP contribution is 2.45. The highest BCUT2D eigenvalue weighted by molar-refractivity contribution is 7.18. The average Bonchev–Trinajstić information content (AvgIpc) is 3.83. The van der Waals surface area contributed by atoms with Gasteiger partial charge in [0.1, 0.15) is 0 Å². The van der Waals surface area contributed by atoms with Gasteiger partial charge in [0, 0.05) is 65.7 Å². The number of hydrogen-bond donors (Lipinski definition) is 1. The predicted octanol–water partition coefficient (Wildman–Crippen LogP) is 13.7. The van der Waals surface area contributed by atoms with Gasteiger partial charge >= 0.3 is 0 Å². The van der Waals surface area contributed by atoms with E-state index < -0.39 is 0 Å². The maximum atomic E-state index is 3.71. The summed E-state index contributed by atoms with van der Waals surface area (Å²) in [5.41, 5.74) is 11.3.